The maximum Gasteiger partial charge on any atom is 0.122 e. The van der Waals surface area contributed by atoms with Crippen LogP contribution in [0.5, 0.6) is 5.75 Å². The maximum atomic E-state index is 5.84. The van der Waals surface area contributed by atoms with Gasteiger partial charge in [0, 0.05) is 13.1 Å². The summed E-state index contributed by atoms with van der Waals surface area (Å²) in [5.41, 5.74) is 6.95. The third-order valence-electron chi connectivity index (χ3n) is 3.70. The molecule has 1 heterocycles. The average Bonchev–Trinajstić information content (AvgIpc) is 2.41. The van der Waals surface area contributed by atoms with E-state index < -0.39 is 0 Å². The Morgan fingerprint density at radius 3 is 3.00 bits per heavy atom. The van der Waals surface area contributed by atoms with Gasteiger partial charge in [-0.2, -0.15) is 0 Å². The Kier molecular flexibility index (Phi) is 5.02. The van der Waals surface area contributed by atoms with Crippen molar-refractivity contribution in [1.29, 1.82) is 0 Å². The Morgan fingerprint density at radius 2 is 2.22 bits per heavy atom. The normalized spacial score (nSPS) is 20.9. The number of para-hydroxylation sites is 1. The van der Waals surface area contributed by atoms with Crippen LogP contribution in [0.15, 0.2) is 24.3 Å². The molecule has 0 amide bonds. The lowest BCUT2D eigenvalue weighted by atomic mass is 9.98. The molecule has 0 bridgehead atoms. The number of ether oxygens (including phenoxy) is 1. The summed E-state index contributed by atoms with van der Waals surface area (Å²) in [6.07, 6.45) is 2.55. The highest BCUT2D eigenvalue weighted by atomic mass is 16.5. The topological polar surface area (TPSA) is 38.5 Å². The molecule has 1 fully saturated rings. The highest BCUT2D eigenvalue weighted by Gasteiger charge is 2.18. The van der Waals surface area contributed by atoms with Crippen LogP contribution in [0.2, 0.25) is 0 Å². The molecule has 0 aliphatic carbocycles. The first-order valence-corrected chi connectivity index (χ1v) is 6.90. The second-order valence-electron chi connectivity index (χ2n) is 5.16. The molecular formula is C15H24N2O. The van der Waals surface area contributed by atoms with E-state index in [9.17, 15) is 0 Å². The van der Waals surface area contributed by atoms with Crippen molar-refractivity contribution >= 4 is 0 Å². The second-order valence-corrected chi connectivity index (χ2v) is 5.16. The minimum absolute atomic E-state index is 0.678. The fourth-order valence-corrected chi connectivity index (χ4v) is 2.55. The second kappa shape index (κ2) is 6.76. The lowest BCUT2D eigenvalue weighted by Crippen LogP contribution is -2.40. The third-order valence-corrected chi connectivity index (χ3v) is 3.70. The highest BCUT2D eigenvalue weighted by Crippen LogP contribution is 2.17. The number of likely N-dealkylation sites (tertiary alicyclic amines) is 1. The van der Waals surface area contributed by atoms with Crippen LogP contribution in [-0.4, -0.2) is 37.7 Å². The Hall–Kier alpha value is -1.06. The maximum absolute atomic E-state index is 5.84. The van der Waals surface area contributed by atoms with E-state index >= 15 is 0 Å². The lowest BCUT2D eigenvalue weighted by molar-refractivity contribution is 0.149. The number of hydrogen-bond acceptors (Lipinski definition) is 3. The summed E-state index contributed by atoms with van der Waals surface area (Å²) in [5.74, 6) is 1.68. The van der Waals surface area contributed by atoms with Gasteiger partial charge in [-0.25, -0.2) is 0 Å². The minimum Gasteiger partial charge on any atom is -0.492 e. The highest BCUT2D eigenvalue weighted by molar-refractivity contribution is 5.31. The summed E-state index contributed by atoms with van der Waals surface area (Å²) >= 11 is 0. The van der Waals surface area contributed by atoms with Gasteiger partial charge in [0.15, 0.2) is 0 Å². The van der Waals surface area contributed by atoms with E-state index in [1.807, 2.05) is 18.2 Å². The molecule has 1 aliphatic rings. The predicted octanol–water partition coefficient (Wildman–Crippen LogP) is 2.04. The zero-order valence-corrected chi connectivity index (χ0v) is 11.3. The lowest BCUT2D eigenvalue weighted by Gasteiger charge is -2.31. The number of aryl methyl sites for hydroxylation is 1. The van der Waals surface area contributed by atoms with Crippen molar-refractivity contribution in [2.75, 3.05) is 32.8 Å². The monoisotopic (exact) mass is 248 g/mol. The van der Waals surface area contributed by atoms with Gasteiger partial charge in [0.25, 0.3) is 0 Å². The molecule has 1 unspecified atom stereocenters. The predicted molar refractivity (Wildman–Crippen MR) is 74.9 cm³/mol. The molecular weight excluding hydrogens is 224 g/mol. The number of nitrogens with two attached hydrogens (primary N) is 1. The Morgan fingerprint density at radius 1 is 1.39 bits per heavy atom. The summed E-state index contributed by atoms with van der Waals surface area (Å²) in [6.45, 7) is 6.99. The first-order chi connectivity index (χ1) is 8.79. The molecule has 0 aromatic heterocycles. The van der Waals surface area contributed by atoms with E-state index in [0.717, 1.165) is 32.0 Å². The van der Waals surface area contributed by atoms with E-state index in [4.69, 9.17) is 10.5 Å². The van der Waals surface area contributed by atoms with E-state index in [-0.39, 0.29) is 0 Å². The van der Waals surface area contributed by atoms with E-state index in [1.54, 1.807) is 0 Å². The van der Waals surface area contributed by atoms with Crippen LogP contribution in [0.1, 0.15) is 18.4 Å². The van der Waals surface area contributed by atoms with Gasteiger partial charge in [0.2, 0.25) is 0 Å². The molecule has 1 atom stereocenters. The quantitative estimate of drug-likeness (QED) is 0.866. The summed E-state index contributed by atoms with van der Waals surface area (Å²) in [7, 11) is 0. The molecule has 0 saturated carbocycles. The first kappa shape index (κ1) is 13.4. The largest absolute Gasteiger partial charge is 0.492 e. The van der Waals surface area contributed by atoms with Gasteiger partial charge in [-0.1, -0.05) is 18.2 Å². The molecule has 100 valence electrons. The van der Waals surface area contributed by atoms with Crippen molar-refractivity contribution in [3.63, 3.8) is 0 Å². The number of hydrogen-bond donors (Lipinski definition) is 1. The molecule has 3 nitrogen and oxygen atoms in total. The molecule has 0 spiro atoms. The standard InChI is InChI=1S/C15H24N2O/c1-13-5-2-3-7-15(13)18-10-9-17-8-4-6-14(11-16)12-17/h2-3,5,7,14H,4,6,8-12,16H2,1H3. The summed E-state index contributed by atoms with van der Waals surface area (Å²) in [6, 6.07) is 8.18. The van der Waals surface area contributed by atoms with Gasteiger partial charge < -0.3 is 10.5 Å². The van der Waals surface area contributed by atoms with Crippen LogP contribution in [0.4, 0.5) is 0 Å². The van der Waals surface area contributed by atoms with Crippen LogP contribution < -0.4 is 10.5 Å². The van der Waals surface area contributed by atoms with Gasteiger partial charge in [0.05, 0.1) is 0 Å². The molecule has 2 rings (SSSR count). The Bertz CT molecular complexity index is 367. The zero-order valence-electron chi connectivity index (χ0n) is 11.3. The van der Waals surface area contributed by atoms with E-state index in [1.165, 1.54) is 24.9 Å². The van der Waals surface area contributed by atoms with Crippen LogP contribution in [0, 0.1) is 12.8 Å². The zero-order chi connectivity index (χ0) is 12.8. The third kappa shape index (κ3) is 3.72. The van der Waals surface area contributed by atoms with Crippen molar-refractivity contribution in [2.24, 2.45) is 11.7 Å². The molecule has 18 heavy (non-hydrogen) atoms. The van der Waals surface area contributed by atoms with Gasteiger partial charge in [0.1, 0.15) is 12.4 Å². The van der Waals surface area contributed by atoms with E-state index in [2.05, 4.69) is 17.9 Å². The Labute approximate surface area is 110 Å². The summed E-state index contributed by atoms with van der Waals surface area (Å²) in [4.78, 5) is 2.47. The van der Waals surface area contributed by atoms with Crippen molar-refractivity contribution < 1.29 is 4.74 Å². The van der Waals surface area contributed by atoms with E-state index in [0.29, 0.717) is 5.92 Å². The SMILES string of the molecule is Cc1ccccc1OCCN1CCCC(CN)C1. The van der Waals surface area contributed by atoms with Gasteiger partial charge in [-0.15, -0.1) is 0 Å². The number of benzene rings is 1. The molecule has 1 aromatic rings. The molecule has 0 radical (unpaired) electrons. The van der Waals surface area contributed by atoms with Crippen LogP contribution in [0.3, 0.4) is 0 Å². The minimum atomic E-state index is 0.678. The molecule has 2 N–H and O–H groups in total. The molecule has 1 saturated heterocycles. The molecule has 3 heteroatoms. The van der Waals surface area contributed by atoms with Crippen molar-refractivity contribution in [3.05, 3.63) is 29.8 Å². The van der Waals surface area contributed by atoms with Crippen molar-refractivity contribution in [2.45, 2.75) is 19.8 Å². The fourth-order valence-electron chi connectivity index (χ4n) is 2.55. The smallest absolute Gasteiger partial charge is 0.122 e. The van der Waals surface area contributed by atoms with Crippen molar-refractivity contribution in [3.8, 4) is 5.75 Å². The Balaban J connectivity index is 1.73. The first-order valence-electron chi connectivity index (χ1n) is 6.90. The van der Waals surface area contributed by atoms with Crippen LogP contribution >= 0.6 is 0 Å². The summed E-state index contributed by atoms with van der Waals surface area (Å²) < 4.78 is 5.84. The number of nitrogens with zero attached hydrogens (tertiary/aromatic N) is 1. The summed E-state index contributed by atoms with van der Waals surface area (Å²) in [5, 5.41) is 0. The fraction of sp³-hybridized carbons (Fsp3) is 0.600. The van der Waals surface area contributed by atoms with Crippen LogP contribution in [0.25, 0.3) is 0 Å². The molecule has 1 aliphatic heterocycles. The van der Waals surface area contributed by atoms with Gasteiger partial charge in [-0.05, 0) is 50.4 Å². The van der Waals surface area contributed by atoms with Crippen LogP contribution in [-0.2, 0) is 0 Å². The average molecular weight is 248 g/mol. The van der Waals surface area contributed by atoms with Gasteiger partial charge >= 0.3 is 0 Å². The molecule has 1 aromatic carbocycles. The van der Waals surface area contributed by atoms with Crippen molar-refractivity contribution in [1.82, 2.24) is 4.90 Å². The number of piperidine rings is 1. The van der Waals surface area contributed by atoms with Gasteiger partial charge in [-0.3, -0.25) is 4.90 Å². The number of rotatable bonds is 5.